The van der Waals surface area contributed by atoms with E-state index in [2.05, 4.69) is 45.0 Å². The highest BCUT2D eigenvalue weighted by Crippen LogP contribution is 2.35. The number of nitrogens with zero attached hydrogens (tertiary/aromatic N) is 1. The van der Waals surface area contributed by atoms with Crippen LogP contribution in [0.5, 0.6) is 5.75 Å². The zero-order valence-corrected chi connectivity index (χ0v) is 19.0. The molecule has 0 unspecified atom stereocenters. The van der Waals surface area contributed by atoms with Crippen LogP contribution in [0.3, 0.4) is 0 Å². The Morgan fingerprint density at radius 3 is 2.37 bits per heavy atom. The SMILES string of the molecule is Cc1ccc(-c2c(CN)c(CC(C)C)nc3ccc(OCC(=O)O)cc23)cc1.Cl.Cl. The number of hydrogen-bond acceptors (Lipinski definition) is 4. The fourth-order valence-corrected chi connectivity index (χ4v) is 3.39. The topological polar surface area (TPSA) is 85.4 Å². The molecule has 0 aliphatic rings. The molecule has 2 aromatic carbocycles. The molecular weight excluding hydrogens is 423 g/mol. The maximum absolute atomic E-state index is 10.9. The van der Waals surface area contributed by atoms with Crippen molar-refractivity contribution in [3.05, 3.63) is 59.3 Å². The molecule has 0 atom stereocenters. The van der Waals surface area contributed by atoms with Crippen molar-refractivity contribution in [2.75, 3.05) is 6.61 Å². The first-order chi connectivity index (χ1) is 13.4. The van der Waals surface area contributed by atoms with Crippen molar-refractivity contribution in [2.24, 2.45) is 11.7 Å². The molecule has 0 radical (unpaired) electrons. The first-order valence-corrected chi connectivity index (χ1v) is 9.46. The Bertz CT molecular complexity index is 1010. The van der Waals surface area contributed by atoms with Gasteiger partial charge in [-0.25, -0.2) is 4.79 Å². The third-order valence-electron chi connectivity index (χ3n) is 4.65. The lowest BCUT2D eigenvalue weighted by atomic mass is 9.91. The molecule has 3 N–H and O–H groups in total. The summed E-state index contributed by atoms with van der Waals surface area (Å²) in [5.74, 6) is -0.0455. The second kappa shape index (κ2) is 11.2. The Labute approximate surface area is 189 Å². The number of ether oxygens (including phenoxy) is 1. The number of aliphatic carboxylic acids is 1. The van der Waals surface area contributed by atoms with Gasteiger partial charge in [-0.15, -0.1) is 24.8 Å². The molecule has 7 heteroatoms. The Balaban J connectivity index is 0.00000225. The van der Waals surface area contributed by atoms with Crippen molar-refractivity contribution in [2.45, 2.75) is 33.7 Å². The van der Waals surface area contributed by atoms with Crippen molar-refractivity contribution < 1.29 is 14.6 Å². The van der Waals surface area contributed by atoms with Crippen molar-refractivity contribution in [1.29, 1.82) is 0 Å². The van der Waals surface area contributed by atoms with E-state index < -0.39 is 5.97 Å². The molecule has 0 saturated heterocycles. The highest BCUT2D eigenvalue weighted by Gasteiger charge is 2.17. The molecule has 1 aromatic heterocycles. The average molecular weight is 451 g/mol. The van der Waals surface area contributed by atoms with E-state index in [1.165, 1.54) is 5.56 Å². The van der Waals surface area contributed by atoms with Crippen molar-refractivity contribution >= 4 is 41.7 Å². The molecule has 30 heavy (non-hydrogen) atoms. The zero-order chi connectivity index (χ0) is 20.3. The lowest BCUT2D eigenvalue weighted by molar-refractivity contribution is -0.139. The first-order valence-electron chi connectivity index (χ1n) is 9.46. The van der Waals surface area contributed by atoms with Crippen LogP contribution in [0.15, 0.2) is 42.5 Å². The van der Waals surface area contributed by atoms with Crippen LogP contribution in [0.2, 0.25) is 0 Å². The summed E-state index contributed by atoms with van der Waals surface area (Å²) in [7, 11) is 0. The predicted octanol–water partition coefficient (Wildman–Crippen LogP) is 5.17. The van der Waals surface area contributed by atoms with E-state index in [1.807, 2.05) is 12.1 Å². The van der Waals surface area contributed by atoms with Crippen LogP contribution in [0.1, 0.15) is 30.7 Å². The van der Waals surface area contributed by atoms with Gasteiger partial charge in [-0.2, -0.15) is 0 Å². The number of rotatable bonds is 7. The second-order valence-electron chi connectivity index (χ2n) is 7.44. The minimum atomic E-state index is -1.01. The molecule has 0 saturated carbocycles. The van der Waals surface area contributed by atoms with Gasteiger partial charge in [-0.3, -0.25) is 4.98 Å². The predicted molar refractivity (Wildman–Crippen MR) is 126 cm³/mol. The van der Waals surface area contributed by atoms with Crippen molar-refractivity contribution in [3.63, 3.8) is 0 Å². The molecule has 1 heterocycles. The fourth-order valence-electron chi connectivity index (χ4n) is 3.39. The summed E-state index contributed by atoms with van der Waals surface area (Å²) in [6.45, 7) is 6.39. The Kier molecular flexibility index (Phi) is 9.56. The normalized spacial score (nSPS) is 10.4. The number of fused-ring (bicyclic) bond motifs is 1. The van der Waals surface area contributed by atoms with E-state index in [0.717, 1.165) is 39.7 Å². The number of aryl methyl sites for hydroxylation is 1. The van der Waals surface area contributed by atoms with Gasteiger partial charge in [0.05, 0.1) is 5.52 Å². The summed E-state index contributed by atoms with van der Waals surface area (Å²) in [6, 6.07) is 13.8. The Hall–Kier alpha value is -2.34. The summed E-state index contributed by atoms with van der Waals surface area (Å²) < 4.78 is 5.40. The molecule has 3 aromatic rings. The van der Waals surface area contributed by atoms with Crippen molar-refractivity contribution in [1.82, 2.24) is 4.98 Å². The maximum atomic E-state index is 10.9. The van der Waals surface area contributed by atoms with Gasteiger partial charge in [0, 0.05) is 17.6 Å². The molecule has 0 aliphatic carbocycles. The summed E-state index contributed by atoms with van der Waals surface area (Å²) in [4.78, 5) is 15.7. The number of benzene rings is 2. The number of halogens is 2. The van der Waals surface area contributed by atoms with Crippen molar-refractivity contribution in [3.8, 4) is 16.9 Å². The number of nitrogens with two attached hydrogens (primary N) is 1. The number of carboxylic acids is 1. The third-order valence-corrected chi connectivity index (χ3v) is 4.65. The van der Waals surface area contributed by atoms with Crippen LogP contribution in [-0.4, -0.2) is 22.7 Å². The molecule has 3 rings (SSSR count). The van der Waals surface area contributed by atoms with E-state index in [0.29, 0.717) is 18.2 Å². The van der Waals surface area contributed by atoms with Crippen LogP contribution in [-0.2, 0) is 17.8 Å². The second-order valence-corrected chi connectivity index (χ2v) is 7.44. The number of aromatic nitrogens is 1. The van der Waals surface area contributed by atoms with Gasteiger partial charge in [0.25, 0.3) is 0 Å². The fraction of sp³-hybridized carbons (Fsp3) is 0.304. The largest absolute Gasteiger partial charge is 0.482 e. The van der Waals surface area contributed by atoms with Crippen LogP contribution in [0.4, 0.5) is 0 Å². The lowest BCUT2D eigenvalue weighted by Gasteiger charge is -2.18. The minimum absolute atomic E-state index is 0. The van der Waals surface area contributed by atoms with Crippen LogP contribution < -0.4 is 10.5 Å². The molecule has 0 spiro atoms. The number of pyridine rings is 1. The van der Waals surface area contributed by atoms with Gasteiger partial charge in [0.2, 0.25) is 0 Å². The van der Waals surface area contributed by atoms with E-state index in [1.54, 1.807) is 6.07 Å². The summed E-state index contributed by atoms with van der Waals surface area (Å²) in [6.07, 6.45) is 0.846. The van der Waals surface area contributed by atoms with E-state index >= 15 is 0 Å². The minimum Gasteiger partial charge on any atom is -0.482 e. The molecule has 162 valence electrons. The summed E-state index contributed by atoms with van der Waals surface area (Å²) >= 11 is 0. The zero-order valence-electron chi connectivity index (χ0n) is 17.3. The van der Waals surface area contributed by atoms with E-state index in [-0.39, 0.29) is 31.4 Å². The number of carboxylic acid groups (broad SMARTS) is 1. The summed E-state index contributed by atoms with van der Waals surface area (Å²) in [5, 5.41) is 9.81. The van der Waals surface area contributed by atoms with Gasteiger partial charge in [-0.1, -0.05) is 43.7 Å². The van der Waals surface area contributed by atoms with Gasteiger partial charge >= 0.3 is 5.97 Å². The van der Waals surface area contributed by atoms with Crippen LogP contribution >= 0.6 is 24.8 Å². The van der Waals surface area contributed by atoms with Gasteiger partial charge < -0.3 is 15.6 Å². The first kappa shape index (κ1) is 25.7. The van der Waals surface area contributed by atoms with Crippen LogP contribution in [0.25, 0.3) is 22.0 Å². The molecule has 0 aliphatic heterocycles. The third kappa shape index (κ3) is 5.85. The Morgan fingerprint density at radius 1 is 1.13 bits per heavy atom. The summed E-state index contributed by atoms with van der Waals surface area (Å²) in [5.41, 5.74) is 12.4. The molecule has 0 amide bonds. The number of hydrogen-bond donors (Lipinski definition) is 2. The smallest absolute Gasteiger partial charge is 0.341 e. The molecular formula is C23H28Cl2N2O3. The maximum Gasteiger partial charge on any atom is 0.341 e. The monoisotopic (exact) mass is 450 g/mol. The van der Waals surface area contributed by atoms with Gasteiger partial charge in [0.15, 0.2) is 6.61 Å². The highest BCUT2D eigenvalue weighted by molar-refractivity contribution is 5.97. The highest BCUT2D eigenvalue weighted by atomic mass is 35.5. The average Bonchev–Trinajstić information content (AvgIpc) is 2.65. The number of carbonyl (C=O) groups is 1. The standard InChI is InChI=1S/C23H26N2O3.2ClH/c1-14(2)10-21-19(12-24)23(16-6-4-15(3)5-7-16)18-11-17(28-13-22(26)27)8-9-20(18)25-21;;/h4-9,11,14H,10,12-13,24H2,1-3H3,(H,26,27);2*1H. The van der Waals surface area contributed by atoms with Crippen LogP contribution in [0, 0.1) is 12.8 Å². The van der Waals surface area contributed by atoms with E-state index in [4.69, 9.17) is 20.6 Å². The van der Waals surface area contributed by atoms with Gasteiger partial charge in [0.1, 0.15) is 5.75 Å². The lowest BCUT2D eigenvalue weighted by Crippen LogP contribution is -2.11. The molecule has 5 nitrogen and oxygen atoms in total. The molecule has 0 bridgehead atoms. The molecule has 0 fully saturated rings. The van der Waals surface area contributed by atoms with E-state index in [9.17, 15) is 4.79 Å². The van der Waals surface area contributed by atoms with Gasteiger partial charge in [-0.05, 0) is 54.2 Å². The Morgan fingerprint density at radius 2 is 1.80 bits per heavy atom. The quantitative estimate of drug-likeness (QED) is 0.518.